The number of hydrogen-bond acceptors (Lipinski definition) is 3. The van der Waals surface area contributed by atoms with Gasteiger partial charge in [-0.25, -0.2) is 4.98 Å². The van der Waals surface area contributed by atoms with E-state index in [9.17, 15) is 9.59 Å². The van der Waals surface area contributed by atoms with Crippen LogP contribution in [-0.2, 0) is 11.3 Å². The molecule has 17 heavy (non-hydrogen) atoms. The Balaban J connectivity index is 2.32. The fourth-order valence-corrected chi connectivity index (χ4v) is 1.51. The SMILES string of the molecule is O=C(O)Cn1ccnc1C(=O)c1ccccc1. The molecule has 2 aromatic rings. The second-order valence-corrected chi connectivity index (χ2v) is 3.47. The minimum Gasteiger partial charge on any atom is -0.480 e. The summed E-state index contributed by atoms with van der Waals surface area (Å²) in [5.41, 5.74) is 0.491. The molecule has 0 saturated heterocycles. The average molecular weight is 230 g/mol. The van der Waals surface area contributed by atoms with E-state index in [1.54, 1.807) is 30.3 Å². The van der Waals surface area contributed by atoms with Crippen LogP contribution in [0.3, 0.4) is 0 Å². The normalized spacial score (nSPS) is 10.1. The van der Waals surface area contributed by atoms with E-state index in [0.29, 0.717) is 5.56 Å². The Kier molecular flexibility index (Phi) is 3.00. The third-order valence-corrected chi connectivity index (χ3v) is 2.26. The molecule has 0 spiro atoms. The van der Waals surface area contributed by atoms with E-state index in [0.717, 1.165) is 0 Å². The standard InChI is InChI=1S/C12H10N2O3/c15-10(16)8-14-7-6-13-12(14)11(17)9-4-2-1-3-5-9/h1-7H,8H2,(H,15,16). The van der Waals surface area contributed by atoms with E-state index in [4.69, 9.17) is 5.11 Å². The first-order valence-corrected chi connectivity index (χ1v) is 5.01. The molecule has 5 nitrogen and oxygen atoms in total. The summed E-state index contributed by atoms with van der Waals surface area (Å²) in [6.45, 7) is -0.270. The van der Waals surface area contributed by atoms with Crippen LogP contribution < -0.4 is 0 Å². The van der Waals surface area contributed by atoms with Crippen LogP contribution in [0.2, 0.25) is 0 Å². The van der Waals surface area contributed by atoms with Gasteiger partial charge in [0.05, 0.1) is 0 Å². The summed E-state index contributed by atoms with van der Waals surface area (Å²) in [7, 11) is 0. The molecule has 1 aromatic heterocycles. The summed E-state index contributed by atoms with van der Waals surface area (Å²) >= 11 is 0. The van der Waals surface area contributed by atoms with Crippen molar-refractivity contribution in [3.05, 3.63) is 54.1 Å². The molecule has 0 fully saturated rings. The van der Waals surface area contributed by atoms with Crippen molar-refractivity contribution in [3.8, 4) is 0 Å². The van der Waals surface area contributed by atoms with Gasteiger partial charge in [-0.3, -0.25) is 9.59 Å². The Labute approximate surface area is 97.3 Å². The molecule has 0 amide bonds. The minimum atomic E-state index is -1.01. The molecule has 0 aliphatic heterocycles. The Bertz CT molecular complexity index is 546. The third-order valence-electron chi connectivity index (χ3n) is 2.26. The zero-order valence-corrected chi connectivity index (χ0v) is 8.91. The molecule has 0 aliphatic rings. The molecular weight excluding hydrogens is 220 g/mol. The molecule has 0 aliphatic carbocycles. The van der Waals surface area contributed by atoms with E-state index in [1.807, 2.05) is 0 Å². The van der Waals surface area contributed by atoms with Crippen molar-refractivity contribution in [2.45, 2.75) is 6.54 Å². The first-order chi connectivity index (χ1) is 8.18. The first-order valence-electron chi connectivity index (χ1n) is 5.01. The lowest BCUT2D eigenvalue weighted by molar-refractivity contribution is -0.137. The highest BCUT2D eigenvalue weighted by Crippen LogP contribution is 2.08. The number of ketones is 1. The fourth-order valence-electron chi connectivity index (χ4n) is 1.51. The number of imidazole rings is 1. The summed E-state index contributed by atoms with van der Waals surface area (Å²) in [5.74, 6) is -1.15. The average Bonchev–Trinajstić information content (AvgIpc) is 2.76. The van der Waals surface area contributed by atoms with Crippen LogP contribution in [0.25, 0.3) is 0 Å². The van der Waals surface area contributed by atoms with Crippen molar-refractivity contribution in [3.63, 3.8) is 0 Å². The molecule has 0 radical (unpaired) electrons. The van der Waals surface area contributed by atoms with Crippen LogP contribution in [0, 0.1) is 0 Å². The summed E-state index contributed by atoms with van der Waals surface area (Å²) < 4.78 is 1.32. The second-order valence-electron chi connectivity index (χ2n) is 3.47. The van der Waals surface area contributed by atoms with Crippen molar-refractivity contribution in [2.24, 2.45) is 0 Å². The van der Waals surface area contributed by atoms with Crippen LogP contribution in [-0.4, -0.2) is 26.4 Å². The molecule has 2 rings (SSSR count). The van der Waals surface area contributed by atoms with E-state index in [-0.39, 0.29) is 18.2 Å². The lowest BCUT2D eigenvalue weighted by atomic mass is 10.1. The molecular formula is C12H10N2O3. The number of aliphatic carboxylic acids is 1. The van der Waals surface area contributed by atoms with Gasteiger partial charge in [0.25, 0.3) is 0 Å². The van der Waals surface area contributed by atoms with E-state index in [2.05, 4.69) is 4.98 Å². The van der Waals surface area contributed by atoms with Gasteiger partial charge in [-0.1, -0.05) is 30.3 Å². The summed E-state index contributed by atoms with van der Waals surface area (Å²) in [6.07, 6.45) is 2.89. The molecule has 0 bridgehead atoms. The molecule has 0 saturated carbocycles. The van der Waals surface area contributed by atoms with Gasteiger partial charge in [0.15, 0.2) is 5.82 Å². The van der Waals surface area contributed by atoms with E-state index >= 15 is 0 Å². The van der Waals surface area contributed by atoms with Crippen LogP contribution in [0.1, 0.15) is 16.2 Å². The molecule has 1 N–H and O–H groups in total. The van der Waals surface area contributed by atoms with Crippen molar-refractivity contribution < 1.29 is 14.7 Å². The van der Waals surface area contributed by atoms with Crippen LogP contribution in [0.15, 0.2) is 42.7 Å². The van der Waals surface area contributed by atoms with Crippen molar-refractivity contribution >= 4 is 11.8 Å². The lowest BCUT2D eigenvalue weighted by Gasteiger charge is -2.03. The monoisotopic (exact) mass is 230 g/mol. The quantitative estimate of drug-likeness (QED) is 0.801. The number of carbonyl (C=O) groups is 2. The van der Waals surface area contributed by atoms with Gasteiger partial charge >= 0.3 is 5.97 Å². The molecule has 1 aromatic carbocycles. The number of carboxylic acids is 1. The van der Waals surface area contributed by atoms with Crippen molar-refractivity contribution in [2.75, 3.05) is 0 Å². The Hall–Kier alpha value is -2.43. The van der Waals surface area contributed by atoms with Gasteiger partial charge in [0, 0.05) is 18.0 Å². The zero-order valence-electron chi connectivity index (χ0n) is 8.91. The van der Waals surface area contributed by atoms with Gasteiger partial charge < -0.3 is 9.67 Å². The number of nitrogens with zero attached hydrogens (tertiary/aromatic N) is 2. The summed E-state index contributed by atoms with van der Waals surface area (Å²) in [6, 6.07) is 8.64. The van der Waals surface area contributed by atoms with Crippen LogP contribution in [0.4, 0.5) is 0 Å². The Morgan fingerprint density at radius 2 is 1.94 bits per heavy atom. The molecule has 0 unspecified atom stereocenters. The number of rotatable bonds is 4. The highest BCUT2D eigenvalue weighted by atomic mass is 16.4. The first kappa shape index (κ1) is 11.1. The van der Waals surface area contributed by atoms with Crippen molar-refractivity contribution in [1.29, 1.82) is 0 Å². The maximum Gasteiger partial charge on any atom is 0.323 e. The smallest absolute Gasteiger partial charge is 0.323 e. The highest BCUT2D eigenvalue weighted by molar-refractivity contribution is 6.06. The van der Waals surface area contributed by atoms with Gasteiger partial charge in [-0.15, -0.1) is 0 Å². The minimum absolute atomic E-state index is 0.138. The van der Waals surface area contributed by atoms with Gasteiger partial charge in [-0.05, 0) is 0 Å². The zero-order chi connectivity index (χ0) is 12.3. The van der Waals surface area contributed by atoms with Gasteiger partial charge in [-0.2, -0.15) is 0 Å². The Morgan fingerprint density at radius 3 is 2.59 bits per heavy atom. The summed E-state index contributed by atoms with van der Waals surface area (Å²) in [4.78, 5) is 26.5. The van der Waals surface area contributed by atoms with Crippen LogP contribution in [0.5, 0.6) is 0 Å². The highest BCUT2D eigenvalue weighted by Gasteiger charge is 2.15. The molecule has 0 atom stereocenters. The maximum absolute atomic E-state index is 12.0. The number of aromatic nitrogens is 2. The number of benzene rings is 1. The number of carboxylic acid groups (broad SMARTS) is 1. The molecule has 5 heteroatoms. The van der Waals surface area contributed by atoms with Crippen LogP contribution >= 0.6 is 0 Å². The van der Waals surface area contributed by atoms with Gasteiger partial charge in [0.1, 0.15) is 6.54 Å². The second kappa shape index (κ2) is 4.61. The largest absolute Gasteiger partial charge is 0.480 e. The molecule has 1 heterocycles. The van der Waals surface area contributed by atoms with Crippen molar-refractivity contribution in [1.82, 2.24) is 9.55 Å². The Morgan fingerprint density at radius 1 is 1.24 bits per heavy atom. The topological polar surface area (TPSA) is 72.2 Å². The lowest BCUT2D eigenvalue weighted by Crippen LogP contribution is -2.15. The van der Waals surface area contributed by atoms with E-state index in [1.165, 1.54) is 17.0 Å². The molecule has 86 valence electrons. The third kappa shape index (κ3) is 2.39. The predicted molar refractivity (Wildman–Crippen MR) is 59.7 cm³/mol. The maximum atomic E-state index is 12.0. The number of hydrogen-bond donors (Lipinski definition) is 1. The number of carbonyl (C=O) groups excluding carboxylic acids is 1. The van der Waals surface area contributed by atoms with E-state index < -0.39 is 5.97 Å². The van der Waals surface area contributed by atoms with Gasteiger partial charge in [0.2, 0.25) is 5.78 Å². The summed E-state index contributed by atoms with van der Waals surface area (Å²) in [5, 5.41) is 8.70. The predicted octanol–water partition coefficient (Wildman–Crippen LogP) is 1.20. The fraction of sp³-hybridized carbons (Fsp3) is 0.0833.